The van der Waals surface area contributed by atoms with E-state index in [1.54, 1.807) is 19.1 Å². The number of hydrogen-bond donors (Lipinski definition) is 1. The zero-order chi connectivity index (χ0) is 13.1. The van der Waals surface area contributed by atoms with Gasteiger partial charge in [0.1, 0.15) is 0 Å². The van der Waals surface area contributed by atoms with E-state index in [-0.39, 0.29) is 10.6 Å². The van der Waals surface area contributed by atoms with Crippen molar-refractivity contribution in [2.24, 2.45) is 5.92 Å². The summed E-state index contributed by atoms with van der Waals surface area (Å²) in [5.41, 5.74) is 1.90. The fraction of sp³-hybridized carbons (Fsp3) is 0.571. The van der Waals surface area contributed by atoms with E-state index in [1.807, 2.05) is 6.07 Å². The van der Waals surface area contributed by atoms with Gasteiger partial charge in [-0.3, -0.25) is 10.1 Å². The maximum absolute atomic E-state index is 10.8. The topological polar surface area (TPSA) is 55.2 Å². The normalized spacial score (nSPS) is 16.3. The van der Waals surface area contributed by atoms with E-state index < -0.39 is 0 Å². The quantitative estimate of drug-likeness (QED) is 0.613. The molecule has 1 unspecified atom stereocenters. The van der Waals surface area contributed by atoms with E-state index in [4.69, 9.17) is 0 Å². The van der Waals surface area contributed by atoms with Gasteiger partial charge in [0, 0.05) is 23.4 Å². The maximum atomic E-state index is 10.8. The van der Waals surface area contributed by atoms with Gasteiger partial charge >= 0.3 is 0 Å². The Morgan fingerprint density at radius 1 is 1.50 bits per heavy atom. The van der Waals surface area contributed by atoms with E-state index in [2.05, 4.69) is 12.2 Å². The van der Waals surface area contributed by atoms with Gasteiger partial charge in [-0.15, -0.1) is 0 Å². The Kier molecular flexibility index (Phi) is 3.84. The maximum Gasteiger partial charge on any atom is 0.272 e. The summed E-state index contributed by atoms with van der Waals surface area (Å²) in [6.07, 6.45) is 5.02. The molecule has 1 aromatic rings. The standard InChI is InChI=1S/C14H20N2O2/c1-3-12(9-11-4-5-11)15-13-6-7-14(16(17)18)10(2)8-13/h6-8,11-12,15H,3-5,9H2,1-2H3. The lowest BCUT2D eigenvalue weighted by Gasteiger charge is -2.18. The number of anilines is 1. The van der Waals surface area contributed by atoms with E-state index >= 15 is 0 Å². The first kappa shape index (κ1) is 12.9. The van der Waals surface area contributed by atoms with Gasteiger partial charge < -0.3 is 5.32 Å². The molecule has 0 aromatic heterocycles. The molecule has 0 bridgehead atoms. The Bertz CT molecular complexity index is 441. The second-order valence-corrected chi connectivity index (χ2v) is 5.19. The van der Waals surface area contributed by atoms with Crippen molar-refractivity contribution in [1.29, 1.82) is 0 Å². The van der Waals surface area contributed by atoms with Crippen LogP contribution < -0.4 is 5.32 Å². The largest absolute Gasteiger partial charge is 0.382 e. The molecule has 18 heavy (non-hydrogen) atoms. The predicted octanol–water partition coefficient (Wildman–Crippen LogP) is 3.89. The van der Waals surface area contributed by atoms with Crippen LogP contribution in [-0.4, -0.2) is 11.0 Å². The van der Waals surface area contributed by atoms with Crippen molar-refractivity contribution in [2.75, 3.05) is 5.32 Å². The van der Waals surface area contributed by atoms with E-state index in [0.29, 0.717) is 11.6 Å². The van der Waals surface area contributed by atoms with Crippen molar-refractivity contribution in [1.82, 2.24) is 0 Å². The molecule has 0 saturated heterocycles. The summed E-state index contributed by atoms with van der Waals surface area (Å²) in [6, 6.07) is 5.74. The number of nitrogens with one attached hydrogen (secondary N) is 1. The van der Waals surface area contributed by atoms with Crippen LogP contribution in [0.5, 0.6) is 0 Å². The van der Waals surface area contributed by atoms with Gasteiger partial charge in [0.2, 0.25) is 0 Å². The number of nitrogens with zero attached hydrogens (tertiary/aromatic N) is 1. The summed E-state index contributed by atoms with van der Waals surface area (Å²) >= 11 is 0. The molecule has 1 aliphatic rings. The number of aryl methyl sites for hydroxylation is 1. The van der Waals surface area contributed by atoms with Gasteiger partial charge in [0.15, 0.2) is 0 Å². The minimum Gasteiger partial charge on any atom is -0.382 e. The van der Waals surface area contributed by atoms with Crippen LogP contribution >= 0.6 is 0 Å². The number of nitro groups is 1. The lowest BCUT2D eigenvalue weighted by atomic mass is 10.1. The van der Waals surface area contributed by atoms with Crippen LogP contribution in [0.4, 0.5) is 11.4 Å². The predicted molar refractivity (Wildman–Crippen MR) is 72.9 cm³/mol. The van der Waals surface area contributed by atoms with Crippen LogP contribution in [0.1, 0.15) is 38.2 Å². The van der Waals surface area contributed by atoms with E-state index in [0.717, 1.165) is 18.0 Å². The van der Waals surface area contributed by atoms with Crippen LogP contribution in [0.15, 0.2) is 18.2 Å². The third-order valence-corrected chi connectivity index (χ3v) is 3.57. The SMILES string of the molecule is CCC(CC1CC1)Nc1ccc([N+](=O)[O-])c(C)c1. The Morgan fingerprint density at radius 2 is 2.22 bits per heavy atom. The number of hydrogen-bond acceptors (Lipinski definition) is 3. The van der Waals surface area contributed by atoms with E-state index in [9.17, 15) is 10.1 Å². The molecule has 0 heterocycles. The molecular weight excluding hydrogens is 228 g/mol. The molecule has 1 saturated carbocycles. The molecule has 1 N–H and O–H groups in total. The molecule has 98 valence electrons. The lowest BCUT2D eigenvalue weighted by Crippen LogP contribution is -2.19. The van der Waals surface area contributed by atoms with Crippen LogP contribution in [-0.2, 0) is 0 Å². The number of rotatable bonds is 6. The average molecular weight is 248 g/mol. The summed E-state index contributed by atoms with van der Waals surface area (Å²) < 4.78 is 0. The second kappa shape index (κ2) is 5.38. The molecule has 1 aliphatic carbocycles. The molecule has 1 atom stereocenters. The van der Waals surface area contributed by atoms with Crippen LogP contribution in [0, 0.1) is 23.0 Å². The van der Waals surface area contributed by atoms with Crippen molar-refractivity contribution >= 4 is 11.4 Å². The Morgan fingerprint density at radius 3 is 2.72 bits per heavy atom. The summed E-state index contributed by atoms with van der Waals surface area (Å²) in [6.45, 7) is 3.96. The summed E-state index contributed by atoms with van der Waals surface area (Å²) in [4.78, 5) is 10.4. The first-order valence-corrected chi connectivity index (χ1v) is 6.61. The van der Waals surface area contributed by atoms with Crippen LogP contribution in [0.3, 0.4) is 0 Å². The molecule has 2 rings (SSSR count). The summed E-state index contributed by atoms with van der Waals surface area (Å²) in [7, 11) is 0. The highest BCUT2D eigenvalue weighted by atomic mass is 16.6. The first-order valence-electron chi connectivity index (χ1n) is 6.61. The molecule has 4 nitrogen and oxygen atoms in total. The van der Waals surface area contributed by atoms with Crippen molar-refractivity contribution in [3.8, 4) is 0 Å². The fourth-order valence-electron chi connectivity index (χ4n) is 2.27. The third kappa shape index (κ3) is 3.22. The van der Waals surface area contributed by atoms with Crippen LogP contribution in [0.25, 0.3) is 0 Å². The highest BCUT2D eigenvalue weighted by molar-refractivity contribution is 5.54. The zero-order valence-electron chi connectivity index (χ0n) is 11.0. The molecule has 0 aliphatic heterocycles. The summed E-state index contributed by atoms with van der Waals surface area (Å²) in [5, 5.41) is 14.2. The first-order chi connectivity index (χ1) is 8.60. The summed E-state index contributed by atoms with van der Waals surface area (Å²) in [5.74, 6) is 0.890. The zero-order valence-corrected chi connectivity index (χ0v) is 11.0. The Labute approximate surface area is 108 Å². The number of nitro benzene ring substituents is 1. The van der Waals surface area contributed by atoms with E-state index in [1.165, 1.54) is 19.3 Å². The van der Waals surface area contributed by atoms with Crippen LogP contribution in [0.2, 0.25) is 0 Å². The van der Waals surface area contributed by atoms with Gasteiger partial charge in [-0.05, 0) is 37.8 Å². The number of benzene rings is 1. The smallest absolute Gasteiger partial charge is 0.272 e. The molecule has 1 aromatic carbocycles. The minimum atomic E-state index is -0.333. The molecule has 0 spiro atoms. The van der Waals surface area contributed by atoms with Gasteiger partial charge in [-0.2, -0.15) is 0 Å². The van der Waals surface area contributed by atoms with Gasteiger partial charge in [-0.1, -0.05) is 19.8 Å². The van der Waals surface area contributed by atoms with Gasteiger partial charge in [0.25, 0.3) is 5.69 Å². The molecule has 4 heteroatoms. The highest BCUT2D eigenvalue weighted by Crippen LogP contribution is 2.35. The Balaban J connectivity index is 2.03. The van der Waals surface area contributed by atoms with Crippen molar-refractivity contribution in [3.05, 3.63) is 33.9 Å². The minimum absolute atomic E-state index is 0.191. The average Bonchev–Trinajstić information content (AvgIpc) is 3.11. The van der Waals surface area contributed by atoms with Crippen molar-refractivity contribution < 1.29 is 4.92 Å². The molecule has 0 radical (unpaired) electrons. The van der Waals surface area contributed by atoms with Crippen molar-refractivity contribution in [3.63, 3.8) is 0 Å². The van der Waals surface area contributed by atoms with Gasteiger partial charge in [0.05, 0.1) is 4.92 Å². The molecule has 0 amide bonds. The third-order valence-electron chi connectivity index (χ3n) is 3.57. The monoisotopic (exact) mass is 248 g/mol. The lowest BCUT2D eigenvalue weighted by molar-refractivity contribution is -0.385. The fourth-order valence-corrected chi connectivity index (χ4v) is 2.27. The highest BCUT2D eigenvalue weighted by Gasteiger charge is 2.24. The second-order valence-electron chi connectivity index (χ2n) is 5.19. The van der Waals surface area contributed by atoms with Crippen molar-refractivity contribution in [2.45, 2.75) is 45.6 Å². The molecule has 1 fully saturated rings. The Hall–Kier alpha value is -1.58. The molecular formula is C14H20N2O2. The van der Waals surface area contributed by atoms with Gasteiger partial charge in [-0.25, -0.2) is 0 Å².